The molecular formula is C17H18ClNO2. The van der Waals surface area contributed by atoms with Gasteiger partial charge >= 0.3 is 0 Å². The normalized spacial score (nSPS) is 12.7. The molecule has 0 bridgehead atoms. The number of nitrogens with two attached hydrogens (primary N) is 1. The summed E-state index contributed by atoms with van der Waals surface area (Å²) in [6.45, 7) is 1.25. The molecule has 0 heterocycles. The molecule has 0 atom stereocenters. The maximum Gasteiger partial charge on any atom is 0.192 e. The third kappa shape index (κ3) is 3.16. The van der Waals surface area contributed by atoms with Crippen LogP contribution in [0.1, 0.15) is 15.9 Å². The first kappa shape index (κ1) is 15.7. The van der Waals surface area contributed by atoms with Crippen molar-refractivity contribution >= 4 is 34.2 Å². The molecule has 0 spiro atoms. The van der Waals surface area contributed by atoms with Crippen molar-refractivity contribution in [2.45, 2.75) is 0 Å². The maximum atomic E-state index is 12.4. The Morgan fingerprint density at radius 1 is 1.14 bits per heavy atom. The van der Waals surface area contributed by atoms with E-state index in [0.29, 0.717) is 25.3 Å². The SMILES string of the molecule is CCl.NCCOCC1=Cc2cccc3cccc(c23)C1=O. The van der Waals surface area contributed by atoms with Crippen LogP contribution in [0.15, 0.2) is 42.0 Å². The number of hydrogen-bond donors (Lipinski definition) is 1. The average molecular weight is 304 g/mol. The van der Waals surface area contributed by atoms with Gasteiger partial charge < -0.3 is 10.5 Å². The number of halogens is 1. The van der Waals surface area contributed by atoms with Crippen LogP contribution in [0.4, 0.5) is 0 Å². The first-order valence-electron chi connectivity index (χ1n) is 6.74. The smallest absolute Gasteiger partial charge is 0.192 e. The number of benzene rings is 2. The second kappa shape index (κ2) is 7.36. The van der Waals surface area contributed by atoms with Gasteiger partial charge in [-0.15, -0.1) is 11.6 Å². The quantitative estimate of drug-likeness (QED) is 0.697. The third-order valence-electron chi connectivity index (χ3n) is 3.32. The van der Waals surface area contributed by atoms with Gasteiger partial charge in [-0.05, 0) is 17.0 Å². The summed E-state index contributed by atoms with van der Waals surface area (Å²) < 4.78 is 5.39. The predicted molar refractivity (Wildman–Crippen MR) is 87.9 cm³/mol. The van der Waals surface area contributed by atoms with Crippen LogP contribution in [-0.4, -0.2) is 31.9 Å². The number of ether oxygens (including phenoxy) is 1. The van der Waals surface area contributed by atoms with Gasteiger partial charge in [0.15, 0.2) is 5.78 Å². The zero-order chi connectivity index (χ0) is 15.2. The van der Waals surface area contributed by atoms with Crippen LogP contribution in [0.25, 0.3) is 16.8 Å². The minimum absolute atomic E-state index is 0.0568. The van der Waals surface area contributed by atoms with Gasteiger partial charge in [0.05, 0.1) is 13.2 Å². The van der Waals surface area contributed by atoms with Crippen molar-refractivity contribution in [3.05, 3.63) is 53.1 Å². The zero-order valence-corrected chi connectivity index (χ0v) is 12.7. The van der Waals surface area contributed by atoms with E-state index in [-0.39, 0.29) is 5.78 Å². The number of ketones is 1. The summed E-state index contributed by atoms with van der Waals surface area (Å²) in [6.07, 6.45) is 3.40. The lowest BCUT2D eigenvalue weighted by molar-refractivity contribution is 0.0990. The van der Waals surface area contributed by atoms with Crippen LogP contribution >= 0.6 is 11.6 Å². The molecule has 2 N–H and O–H groups in total. The Morgan fingerprint density at radius 3 is 2.57 bits per heavy atom. The highest BCUT2D eigenvalue weighted by Crippen LogP contribution is 2.31. The minimum Gasteiger partial charge on any atom is -0.375 e. The molecule has 3 rings (SSSR count). The molecule has 1 aliphatic carbocycles. The summed E-state index contributed by atoms with van der Waals surface area (Å²) in [6, 6.07) is 11.9. The highest BCUT2D eigenvalue weighted by molar-refractivity contribution is 6.22. The zero-order valence-electron chi connectivity index (χ0n) is 11.9. The molecule has 0 aliphatic heterocycles. The Hall–Kier alpha value is -1.68. The van der Waals surface area contributed by atoms with E-state index in [2.05, 4.69) is 11.6 Å². The molecule has 110 valence electrons. The molecule has 21 heavy (non-hydrogen) atoms. The summed E-state index contributed by atoms with van der Waals surface area (Å²) in [4.78, 5) is 12.4. The van der Waals surface area contributed by atoms with E-state index >= 15 is 0 Å². The van der Waals surface area contributed by atoms with Gasteiger partial charge in [0, 0.05) is 29.5 Å². The molecule has 0 aromatic heterocycles. The van der Waals surface area contributed by atoms with Crippen LogP contribution in [0, 0.1) is 0 Å². The van der Waals surface area contributed by atoms with Gasteiger partial charge in [-0.2, -0.15) is 0 Å². The average Bonchev–Trinajstić information content (AvgIpc) is 2.54. The Labute approximate surface area is 129 Å². The maximum absolute atomic E-state index is 12.4. The molecule has 0 saturated carbocycles. The lowest BCUT2D eigenvalue weighted by Crippen LogP contribution is -2.16. The summed E-state index contributed by atoms with van der Waals surface area (Å²) in [5.74, 6) is 0.0568. The van der Waals surface area contributed by atoms with Crippen LogP contribution in [0.5, 0.6) is 0 Å². The summed E-state index contributed by atoms with van der Waals surface area (Å²) in [5.41, 5.74) is 7.93. The Kier molecular flexibility index (Phi) is 5.51. The molecule has 2 aromatic carbocycles. The summed E-state index contributed by atoms with van der Waals surface area (Å²) in [7, 11) is 0. The molecule has 3 nitrogen and oxygen atoms in total. The van der Waals surface area contributed by atoms with Crippen molar-refractivity contribution in [1.29, 1.82) is 0 Å². The molecule has 1 aliphatic rings. The van der Waals surface area contributed by atoms with Crippen molar-refractivity contribution in [2.75, 3.05) is 26.1 Å². The molecule has 0 radical (unpaired) electrons. The van der Waals surface area contributed by atoms with Crippen molar-refractivity contribution in [2.24, 2.45) is 5.73 Å². The van der Waals surface area contributed by atoms with Gasteiger partial charge in [-0.1, -0.05) is 36.4 Å². The minimum atomic E-state index is 0.0568. The van der Waals surface area contributed by atoms with E-state index in [4.69, 9.17) is 10.5 Å². The molecular weight excluding hydrogens is 286 g/mol. The highest BCUT2D eigenvalue weighted by atomic mass is 35.5. The fourth-order valence-electron chi connectivity index (χ4n) is 2.48. The number of rotatable bonds is 4. The van der Waals surface area contributed by atoms with E-state index in [1.807, 2.05) is 42.5 Å². The van der Waals surface area contributed by atoms with E-state index in [1.54, 1.807) is 0 Å². The first-order chi connectivity index (χ1) is 10.3. The monoisotopic (exact) mass is 303 g/mol. The summed E-state index contributed by atoms with van der Waals surface area (Å²) >= 11 is 4.64. The highest BCUT2D eigenvalue weighted by Gasteiger charge is 2.21. The van der Waals surface area contributed by atoms with Gasteiger partial charge in [-0.3, -0.25) is 4.79 Å². The first-order valence-corrected chi connectivity index (χ1v) is 7.49. The lowest BCUT2D eigenvalue weighted by Gasteiger charge is -2.16. The predicted octanol–water partition coefficient (Wildman–Crippen LogP) is 3.25. The second-order valence-corrected chi connectivity index (χ2v) is 4.59. The van der Waals surface area contributed by atoms with E-state index in [1.165, 1.54) is 6.38 Å². The van der Waals surface area contributed by atoms with Crippen molar-refractivity contribution in [3.8, 4) is 0 Å². The lowest BCUT2D eigenvalue weighted by atomic mass is 9.88. The van der Waals surface area contributed by atoms with E-state index in [0.717, 1.165) is 21.9 Å². The molecule has 0 fully saturated rings. The Morgan fingerprint density at radius 2 is 1.86 bits per heavy atom. The molecule has 4 heteroatoms. The van der Waals surface area contributed by atoms with Gasteiger partial charge in [0.1, 0.15) is 0 Å². The van der Waals surface area contributed by atoms with Crippen molar-refractivity contribution in [1.82, 2.24) is 0 Å². The fourth-order valence-corrected chi connectivity index (χ4v) is 2.48. The summed E-state index contributed by atoms with van der Waals surface area (Å²) in [5, 5.41) is 2.14. The number of carbonyl (C=O) groups excluding carboxylic acids is 1. The van der Waals surface area contributed by atoms with Crippen LogP contribution < -0.4 is 5.73 Å². The molecule has 2 aromatic rings. The molecule has 0 unspecified atom stereocenters. The fraction of sp³-hybridized carbons (Fsp3) is 0.235. The van der Waals surface area contributed by atoms with Crippen molar-refractivity contribution in [3.63, 3.8) is 0 Å². The molecule has 0 amide bonds. The number of carbonyl (C=O) groups is 1. The van der Waals surface area contributed by atoms with Crippen LogP contribution in [-0.2, 0) is 4.74 Å². The van der Waals surface area contributed by atoms with Crippen LogP contribution in [0.2, 0.25) is 0 Å². The van der Waals surface area contributed by atoms with E-state index in [9.17, 15) is 4.79 Å². The number of hydrogen-bond acceptors (Lipinski definition) is 3. The standard InChI is InChI=1S/C16H15NO2.CH3Cl/c17-7-8-19-10-13-9-12-5-1-3-11-4-2-6-14(15(11)12)16(13)18;1-2/h1-6,9H,7-8,10,17H2;1H3. The third-order valence-corrected chi connectivity index (χ3v) is 3.32. The Balaban J connectivity index is 0.000000774. The van der Waals surface area contributed by atoms with Crippen LogP contribution in [0.3, 0.4) is 0 Å². The number of alkyl halides is 1. The van der Waals surface area contributed by atoms with Crippen molar-refractivity contribution < 1.29 is 9.53 Å². The largest absolute Gasteiger partial charge is 0.375 e. The Bertz CT molecular complexity index is 674. The number of Topliss-reactive ketones (excluding diaryl/α,β-unsaturated/α-hetero) is 1. The molecule has 0 saturated heterocycles. The topological polar surface area (TPSA) is 52.3 Å². The van der Waals surface area contributed by atoms with Gasteiger partial charge in [-0.25, -0.2) is 0 Å². The van der Waals surface area contributed by atoms with Gasteiger partial charge in [0.25, 0.3) is 0 Å². The van der Waals surface area contributed by atoms with E-state index < -0.39 is 0 Å². The van der Waals surface area contributed by atoms with Gasteiger partial charge in [0.2, 0.25) is 0 Å². The second-order valence-electron chi connectivity index (χ2n) is 4.59.